The maximum atomic E-state index is 13.7. The van der Waals surface area contributed by atoms with Gasteiger partial charge in [-0.3, -0.25) is 14.5 Å². The van der Waals surface area contributed by atoms with Crippen LogP contribution in [0.3, 0.4) is 0 Å². The predicted octanol–water partition coefficient (Wildman–Crippen LogP) is 4.19. The number of amides is 2. The fraction of sp³-hybridized carbons (Fsp3) is 0.407. The van der Waals surface area contributed by atoms with Gasteiger partial charge in [-0.15, -0.1) is 0 Å². The van der Waals surface area contributed by atoms with Gasteiger partial charge in [-0.05, 0) is 61.4 Å². The molecule has 3 aliphatic rings. The number of hydrogen-bond donors (Lipinski definition) is 0. The summed E-state index contributed by atoms with van der Waals surface area (Å²) in [6, 6.07) is 15.7. The van der Waals surface area contributed by atoms with E-state index in [1.807, 2.05) is 47.4 Å². The Labute approximate surface area is 194 Å². The number of aryl methyl sites for hydroxylation is 1. The first-order valence-electron chi connectivity index (χ1n) is 12.0. The van der Waals surface area contributed by atoms with Crippen molar-refractivity contribution in [1.82, 2.24) is 4.90 Å². The van der Waals surface area contributed by atoms with E-state index < -0.39 is 0 Å². The van der Waals surface area contributed by atoms with Crippen LogP contribution in [0, 0.1) is 0 Å². The van der Waals surface area contributed by atoms with E-state index >= 15 is 0 Å². The van der Waals surface area contributed by atoms with Crippen molar-refractivity contribution in [3.05, 3.63) is 65.4 Å². The third kappa shape index (κ3) is 4.15. The predicted molar refractivity (Wildman–Crippen MR) is 127 cm³/mol. The molecule has 0 spiro atoms. The fourth-order valence-corrected chi connectivity index (χ4v) is 4.94. The Morgan fingerprint density at radius 2 is 1.85 bits per heavy atom. The third-order valence-corrected chi connectivity index (χ3v) is 6.55. The summed E-state index contributed by atoms with van der Waals surface area (Å²) in [6.07, 6.45) is 4.59. The molecule has 0 aromatic heterocycles. The van der Waals surface area contributed by atoms with E-state index in [9.17, 15) is 9.59 Å². The van der Waals surface area contributed by atoms with E-state index in [0.717, 1.165) is 49.1 Å². The highest BCUT2D eigenvalue weighted by Crippen LogP contribution is 2.38. The first-order valence-corrected chi connectivity index (χ1v) is 12.0. The van der Waals surface area contributed by atoms with Crippen LogP contribution in [-0.4, -0.2) is 49.1 Å². The largest absolute Gasteiger partial charge is 0.494 e. The summed E-state index contributed by atoms with van der Waals surface area (Å²) in [7, 11) is 0. The second kappa shape index (κ2) is 9.40. The molecular formula is C27H30N2O4. The zero-order chi connectivity index (χ0) is 22.8. The van der Waals surface area contributed by atoms with Crippen molar-refractivity contribution in [2.24, 2.45) is 0 Å². The SMILES string of the molecule is CCCOc1ccc(C2=C(N3CCCc4ccccc43)C(=O)N(CC3CCCO3)C2=O)cc1. The van der Waals surface area contributed by atoms with Crippen LogP contribution in [0.15, 0.2) is 54.2 Å². The summed E-state index contributed by atoms with van der Waals surface area (Å²) in [5, 5.41) is 0. The molecule has 2 aromatic carbocycles. The topological polar surface area (TPSA) is 59.1 Å². The summed E-state index contributed by atoms with van der Waals surface area (Å²) < 4.78 is 11.5. The lowest BCUT2D eigenvalue weighted by Crippen LogP contribution is -2.40. The van der Waals surface area contributed by atoms with Crippen LogP contribution >= 0.6 is 0 Å². The number of carbonyl (C=O) groups is 2. The molecule has 1 fully saturated rings. The first kappa shape index (κ1) is 21.7. The van der Waals surface area contributed by atoms with E-state index in [0.29, 0.717) is 37.6 Å². The number of carbonyl (C=O) groups excluding carboxylic acids is 2. The first-order chi connectivity index (χ1) is 16.2. The van der Waals surface area contributed by atoms with Gasteiger partial charge in [0.1, 0.15) is 11.4 Å². The van der Waals surface area contributed by atoms with Crippen LogP contribution in [0.1, 0.15) is 43.7 Å². The summed E-state index contributed by atoms with van der Waals surface area (Å²) >= 11 is 0. The van der Waals surface area contributed by atoms with Gasteiger partial charge >= 0.3 is 0 Å². The molecule has 3 aliphatic heterocycles. The minimum absolute atomic E-state index is 0.0861. The Bertz CT molecular complexity index is 1070. The Hall–Kier alpha value is -3.12. The number of imide groups is 1. The molecule has 0 N–H and O–H groups in total. The highest BCUT2D eigenvalue weighted by molar-refractivity contribution is 6.36. The number of fused-ring (bicyclic) bond motifs is 1. The monoisotopic (exact) mass is 446 g/mol. The van der Waals surface area contributed by atoms with Crippen molar-refractivity contribution in [1.29, 1.82) is 0 Å². The van der Waals surface area contributed by atoms with Gasteiger partial charge in [-0.25, -0.2) is 0 Å². The molecule has 1 unspecified atom stereocenters. The number of anilines is 1. The van der Waals surface area contributed by atoms with Crippen molar-refractivity contribution in [2.45, 2.75) is 45.1 Å². The highest BCUT2D eigenvalue weighted by atomic mass is 16.5. The van der Waals surface area contributed by atoms with Gasteiger partial charge in [0, 0.05) is 18.8 Å². The molecule has 5 rings (SSSR count). The van der Waals surface area contributed by atoms with Crippen LogP contribution in [0.5, 0.6) is 5.75 Å². The maximum Gasteiger partial charge on any atom is 0.278 e. The van der Waals surface area contributed by atoms with E-state index in [1.54, 1.807) is 0 Å². The number of ether oxygens (including phenoxy) is 2. The van der Waals surface area contributed by atoms with E-state index in [4.69, 9.17) is 9.47 Å². The number of hydrogen-bond acceptors (Lipinski definition) is 5. The van der Waals surface area contributed by atoms with Crippen molar-refractivity contribution in [3.8, 4) is 5.75 Å². The molecule has 2 amide bonds. The van der Waals surface area contributed by atoms with Gasteiger partial charge in [0.05, 0.1) is 24.8 Å². The van der Waals surface area contributed by atoms with Crippen LogP contribution in [0.2, 0.25) is 0 Å². The number of rotatable bonds is 7. The number of para-hydroxylation sites is 1. The molecule has 33 heavy (non-hydrogen) atoms. The zero-order valence-electron chi connectivity index (χ0n) is 19.1. The molecule has 2 aromatic rings. The maximum absolute atomic E-state index is 13.7. The van der Waals surface area contributed by atoms with Gasteiger partial charge in [-0.1, -0.05) is 37.3 Å². The van der Waals surface area contributed by atoms with Gasteiger partial charge in [0.25, 0.3) is 11.8 Å². The quantitative estimate of drug-likeness (QED) is 0.597. The standard InChI is InChI=1S/C27H30N2O4/c1-2-16-32-21-13-11-20(12-14-21)24-25(28-15-5-8-19-7-3-4-10-23(19)28)27(31)29(26(24)30)18-22-9-6-17-33-22/h3-4,7,10-14,22H,2,5-6,8-9,15-18H2,1H3. The van der Waals surface area contributed by atoms with Crippen LogP contribution in [-0.2, 0) is 20.7 Å². The number of nitrogens with zero attached hydrogens (tertiary/aromatic N) is 2. The van der Waals surface area contributed by atoms with Gasteiger partial charge in [-0.2, -0.15) is 0 Å². The van der Waals surface area contributed by atoms with Crippen molar-refractivity contribution in [2.75, 3.05) is 31.2 Å². The molecule has 1 saturated heterocycles. The van der Waals surface area contributed by atoms with E-state index in [-0.39, 0.29) is 17.9 Å². The molecule has 3 heterocycles. The van der Waals surface area contributed by atoms with E-state index in [2.05, 4.69) is 13.0 Å². The van der Waals surface area contributed by atoms with Crippen molar-refractivity contribution >= 4 is 23.1 Å². The minimum Gasteiger partial charge on any atom is -0.494 e. The average Bonchev–Trinajstić information content (AvgIpc) is 3.45. The molecule has 0 saturated carbocycles. The molecule has 6 heteroatoms. The Morgan fingerprint density at radius 3 is 2.61 bits per heavy atom. The molecular weight excluding hydrogens is 416 g/mol. The van der Waals surface area contributed by atoms with Gasteiger partial charge in [0.2, 0.25) is 0 Å². The van der Waals surface area contributed by atoms with Crippen LogP contribution in [0.25, 0.3) is 5.57 Å². The Morgan fingerprint density at radius 1 is 1.03 bits per heavy atom. The Balaban J connectivity index is 1.55. The van der Waals surface area contributed by atoms with Crippen LogP contribution < -0.4 is 9.64 Å². The lowest BCUT2D eigenvalue weighted by atomic mass is 9.98. The smallest absolute Gasteiger partial charge is 0.278 e. The van der Waals surface area contributed by atoms with Crippen molar-refractivity contribution in [3.63, 3.8) is 0 Å². The molecule has 0 aliphatic carbocycles. The second-order valence-corrected chi connectivity index (χ2v) is 8.84. The highest BCUT2D eigenvalue weighted by Gasteiger charge is 2.43. The summed E-state index contributed by atoms with van der Waals surface area (Å²) in [5.41, 5.74) is 3.91. The minimum atomic E-state index is -0.240. The normalized spacial score (nSPS) is 20.6. The molecule has 6 nitrogen and oxygen atoms in total. The fourth-order valence-electron chi connectivity index (χ4n) is 4.94. The third-order valence-electron chi connectivity index (χ3n) is 6.55. The molecule has 1 atom stereocenters. The summed E-state index contributed by atoms with van der Waals surface area (Å²) in [6.45, 7) is 4.41. The van der Waals surface area contributed by atoms with E-state index in [1.165, 1.54) is 10.5 Å². The lowest BCUT2D eigenvalue weighted by Gasteiger charge is -2.32. The molecule has 172 valence electrons. The molecule has 0 bridgehead atoms. The lowest BCUT2D eigenvalue weighted by molar-refractivity contribution is -0.138. The van der Waals surface area contributed by atoms with Gasteiger partial charge < -0.3 is 14.4 Å². The molecule has 0 radical (unpaired) electrons. The zero-order valence-corrected chi connectivity index (χ0v) is 19.1. The summed E-state index contributed by atoms with van der Waals surface area (Å²) in [4.78, 5) is 30.8. The number of benzene rings is 2. The Kier molecular flexibility index (Phi) is 6.18. The van der Waals surface area contributed by atoms with Crippen LogP contribution in [0.4, 0.5) is 5.69 Å². The average molecular weight is 447 g/mol. The van der Waals surface area contributed by atoms with Crippen molar-refractivity contribution < 1.29 is 19.1 Å². The second-order valence-electron chi connectivity index (χ2n) is 8.84. The van der Waals surface area contributed by atoms with Gasteiger partial charge in [0.15, 0.2) is 0 Å². The summed E-state index contributed by atoms with van der Waals surface area (Å²) in [5.74, 6) is 0.295.